The highest BCUT2D eigenvalue weighted by molar-refractivity contribution is 5.75. The smallest absolute Gasteiger partial charge is 0.330 e. The van der Waals surface area contributed by atoms with Crippen LogP contribution in [0.5, 0.6) is 0 Å². The number of rotatable bonds is 4. The Kier molecular flexibility index (Phi) is 5.88. The molecule has 0 saturated carbocycles. The van der Waals surface area contributed by atoms with Crippen LogP contribution < -0.4 is 4.90 Å². The van der Waals surface area contributed by atoms with Gasteiger partial charge in [0, 0.05) is 51.5 Å². The topological polar surface area (TPSA) is 36.0 Å². The quantitative estimate of drug-likeness (QED) is 0.825. The fraction of sp³-hybridized carbons (Fsp3) is 0.667. The standard InChI is InChI=1S/C21H33N3O2/c1-17-18(8-7-9-19(17)23-10-5-6-11-23)16-22-12-14-24(15-13-22)26-20(25)21(2,3)4/h7-9H,5-6,10-16H2,1-4H3. The Bertz CT molecular complexity index is 625. The minimum atomic E-state index is -0.454. The first kappa shape index (κ1) is 19.2. The molecule has 26 heavy (non-hydrogen) atoms. The number of hydrogen-bond acceptors (Lipinski definition) is 5. The van der Waals surface area contributed by atoms with E-state index in [-0.39, 0.29) is 5.97 Å². The Balaban J connectivity index is 1.55. The minimum Gasteiger partial charge on any atom is -0.371 e. The lowest BCUT2D eigenvalue weighted by atomic mass is 9.98. The van der Waals surface area contributed by atoms with Gasteiger partial charge in [-0.15, -0.1) is 5.06 Å². The first-order valence-corrected chi connectivity index (χ1v) is 9.88. The molecule has 0 unspecified atom stereocenters. The Morgan fingerprint density at radius 1 is 1.04 bits per heavy atom. The second-order valence-electron chi connectivity index (χ2n) is 8.59. The molecule has 0 amide bonds. The number of carbonyl (C=O) groups excluding carboxylic acids is 1. The first-order valence-electron chi connectivity index (χ1n) is 9.88. The largest absolute Gasteiger partial charge is 0.371 e. The molecule has 0 aromatic heterocycles. The summed E-state index contributed by atoms with van der Waals surface area (Å²) in [5.74, 6) is -0.153. The van der Waals surface area contributed by atoms with Crippen molar-refractivity contribution in [2.75, 3.05) is 44.2 Å². The van der Waals surface area contributed by atoms with Gasteiger partial charge >= 0.3 is 5.97 Å². The van der Waals surface area contributed by atoms with Crippen LogP contribution in [0, 0.1) is 12.3 Å². The predicted octanol–water partition coefficient (Wildman–Crippen LogP) is 3.22. The second-order valence-corrected chi connectivity index (χ2v) is 8.59. The highest BCUT2D eigenvalue weighted by Crippen LogP contribution is 2.27. The number of hydroxylamine groups is 2. The summed E-state index contributed by atoms with van der Waals surface area (Å²) >= 11 is 0. The van der Waals surface area contributed by atoms with Crippen LogP contribution in [0.15, 0.2) is 18.2 Å². The molecule has 5 heteroatoms. The van der Waals surface area contributed by atoms with Gasteiger partial charge in [-0.2, -0.15) is 0 Å². The van der Waals surface area contributed by atoms with Gasteiger partial charge in [0.15, 0.2) is 0 Å². The predicted molar refractivity (Wildman–Crippen MR) is 105 cm³/mol. The van der Waals surface area contributed by atoms with Crippen molar-refractivity contribution in [2.45, 2.75) is 47.1 Å². The van der Waals surface area contributed by atoms with Gasteiger partial charge < -0.3 is 9.74 Å². The van der Waals surface area contributed by atoms with Crippen LogP contribution in [0.4, 0.5) is 5.69 Å². The van der Waals surface area contributed by atoms with Gasteiger partial charge in [-0.25, -0.2) is 4.79 Å². The van der Waals surface area contributed by atoms with Crippen molar-refractivity contribution in [2.24, 2.45) is 5.41 Å². The van der Waals surface area contributed by atoms with E-state index < -0.39 is 5.41 Å². The zero-order valence-electron chi connectivity index (χ0n) is 16.8. The fourth-order valence-electron chi connectivity index (χ4n) is 3.62. The summed E-state index contributed by atoms with van der Waals surface area (Å²) in [6.45, 7) is 14.6. The SMILES string of the molecule is Cc1c(CN2CCN(OC(=O)C(C)(C)C)CC2)cccc1N1CCCC1. The summed E-state index contributed by atoms with van der Waals surface area (Å²) < 4.78 is 0. The Morgan fingerprint density at radius 3 is 2.31 bits per heavy atom. The molecule has 1 aromatic rings. The highest BCUT2D eigenvalue weighted by Gasteiger charge is 2.28. The maximum atomic E-state index is 12.0. The molecule has 0 spiro atoms. The van der Waals surface area contributed by atoms with Crippen molar-refractivity contribution >= 4 is 11.7 Å². The van der Waals surface area contributed by atoms with Gasteiger partial charge in [0.05, 0.1) is 5.41 Å². The summed E-state index contributed by atoms with van der Waals surface area (Å²) in [5.41, 5.74) is 3.77. The van der Waals surface area contributed by atoms with E-state index in [4.69, 9.17) is 4.84 Å². The molecule has 0 atom stereocenters. The van der Waals surface area contributed by atoms with Crippen LogP contribution in [-0.4, -0.2) is 55.2 Å². The van der Waals surface area contributed by atoms with Gasteiger partial charge in [-0.1, -0.05) is 12.1 Å². The van der Waals surface area contributed by atoms with Crippen molar-refractivity contribution in [1.82, 2.24) is 9.96 Å². The van der Waals surface area contributed by atoms with Crippen LogP contribution in [-0.2, 0) is 16.2 Å². The van der Waals surface area contributed by atoms with Gasteiger partial charge in [-0.3, -0.25) is 4.90 Å². The lowest BCUT2D eigenvalue weighted by Crippen LogP contribution is -2.47. The van der Waals surface area contributed by atoms with Crippen LogP contribution in [0.25, 0.3) is 0 Å². The third-order valence-corrected chi connectivity index (χ3v) is 5.41. The normalized spacial score (nSPS) is 19.8. The van der Waals surface area contributed by atoms with Crippen molar-refractivity contribution in [3.05, 3.63) is 29.3 Å². The second kappa shape index (κ2) is 7.97. The summed E-state index contributed by atoms with van der Waals surface area (Å²) in [6.07, 6.45) is 2.61. The minimum absolute atomic E-state index is 0.153. The van der Waals surface area contributed by atoms with Gasteiger partial charge in [0.25, 0.3) is 0 Å². The zero-order valence-corrected chi connectivity index (χ0v) is 16.8. The van der Waals surface area contributed by atoms with E-state index in [1.54, 1.807) is 0 Å². The summed E-state index contributed by atoms with van der Waals surface area (Å²) in [5, 5.41) is 1.82. The van der Waals surface area contributed by atoms with Crippen molar-refractivity contribution in [1.29, 1.82) is 0 Å². The molecular formula is C21H33N3O2. The Hall–Kier alpha value is -1.59. The third kappa shape index (κ3) is 4.57. The highest BCUT2D eigenvalue weighted by atomic mass is 16.7. The molecule has 3 rings (SSSR count). The van der Waals surface area contributed by atoms with E-state index >= 15 is 0 Å². The number of benzene rings is 1. The maximum Gasteiger partial charge on any atom is 0.330 e. The molecule has 2 heterocycles. The molecule has 2 aliphatic heterocycles. The fourth-order valence-corrected chi connectivity index (χ4v) is 3.62. The van der Waals surface area contributed by atoms with Crippen LogP contribution in [0.1, 0.15) is 44.7 Å². The lowest BCUT2D eigenvalue weighted by Gasteiger charge is -2.35. The molecule has 0 N–H and O–H groups in total. The molecule has 0 aliphatic carbocycles. The summed E-state index contributed by atoms with van der Waals surface area (Å²) in [4.78, 5) is 22.5. The van der Waals surface area contributed by atoms with Crippen LogP contribution in [0.2, 0.25) is 0 Å². The van der Waals surface area contributed by atoms with Crippen molar-refractivity contribution in [3.8, 4) is 0 Å². The molecule has 2 fully saturated rings. The summed E-state index contributed by atoms with van der Waals surface area (Å²) in [7, 11) is 0. The number of piperazine rings is 1. The average molecular weight is 360 g/mol. The van der Waals surface area contributed by atoms with E-state index in [0.717, 1.165) is 32.7 Å². The Labute approximate surface area is 157 Å². The molecule has 2 saturated heterocycles. The van der Waals surface area contributed by atoms with E-state index in [2.05, 4.69) is 34.9 Å². The third-order valence-electron chi connectivity index (χ3n) is 5.41. The molecule has 0 radical (unpaired) electrons. The van der Waals surface area contributed by atoms with Gasteiger partial charge in [0.2, 0.25) is 0 Å². The molecule has 5 nitrogen and oxygen atoms in total. The van der Waals surface area contributed by atoms with E-state index in [1.807, 2.05) is 25.8 Å². The maximum absolute atomic E-state index is 12.0. The molecule has 144 valence electrons. The van der Waals surface area contributed by atoms with Gasteiger partial charge in [-0.05, 0) is 57.7 Å². The van der Waals surface area contributed by atoms with Crippen molar-refractivity contribution < 1.29 is 9.63 Å². The average Bonchev–Trinajstić information content (AvgIpc) is 3.12. The number of hydrogen-bond donors (Lipinski definition) is 0. The van der Waals surface area contributed by atoms with Gasteiger partial charge in [0.1, 0.15) is 0 Å². The molecular weight excluding hydrogens is 326 g/mol. The Morgan fingerprint density at radius 2 is 1.69 bits per heavy atom. The van der Waals surface area contributed by atoms with E-state index in [9.17, 15) is 4.79 Å². The zero-order chi connectivity index (χ0) is 18.7. The first-order chi connectivity index (χ1) is 12.3. The monoisotopic (exact) mass is 359 g/mol. The van der Waals surface area contributed by atoms with Crippen LogP contribution >= 0.6 is 0 Å². The van der Waals surface area contributed by atoms with Crippen molar-refractivity contribution in [3.63, 3.8) is 0 Å². The molecule has 1 aromatic carbocycles. The van der Waals surface area contributed by atoms with Crippen LogP contribution in [0.3, 0.4) is 0 Å². The lowest BCUT2D eigenvalue weighted by molar-refractivity contribution is -0.207. The number of nitrogens with zero attached hydrogens (tertiary/aromatic N) is 3. The van der Waals surface area contributed by atoms with E-state index in [1.165, 1.54) is 42.7 Å². The molecule has 2 aliphatic rings. The van der Waals surface area contributed by atoms with E-state index in [0.29, 0.717) is 0 Å². The summed E-state index contributed by atoms with van der Waals surface area (Å²) in [6, 6.07) is 6.70. The number of anilines is 1. The number of carbonyl (C=O) groups is 1. The molecule has 0 bridgehead atoms.